The van der Waals surface area contributed by atoms with Crippen LogP contribution in [0.1, 0.15) is 98.2 Å². The molecule has 5 nitrogen and oxygen atoms in total. The van der Waals surface area contributed by atoms with E-state index in [2.05, 4.69) is 19.1 Å². The van der Waals surface area contributed by atoms with Crippen LogP contribution < -0.4 is 57.1 Å². The van der Waals surface area contributed by atoms with Crippen molar-refractivity contribution in [1.82, 2.24) is 0 Å². The zero-order valence-corrected chi connectivity index (χ0v) is 21.4. The van der Waals surface area contributed by atoms with Crippen LogP contribution in [0.25, 0.3) is 0 Å². The van der Waals surface area contributed by atoms with E-state index in [-0.39, 0.29) is 65.8 Å². The van der Waals surface area contributed by atoms with Crippen molar-refractivity contribution < 1.29 is 70.6 Å². The molecule has 0 saturated heterocycles. The summed E-state index contributed by atoms with van der Waals surface area (Å²) >= 11 is 0. The van der Waals surface area contributed by atoms with E-state index in [0.717, 1.165) is 32.1 Å². The van der Waals surface area contributed by atoms with Gasteiger partial charge in [0.25, 0.3) is 10.1 Å². The number of carbonyl (C=O) groups excluding carboxylic acids is 1. The molecule has 1 unspecified atom stereocenters. The zero-order chi connectivity index (χ0) is 19.7. The Morgan fingerprint density at radius 1 is 0.926 bits per heavy atom. The molecule has 0 aromatic carbocycles. The molecule has 27 heavy (non-hydrogen) atoms. The molecule has 0 bridgehead atoms. The van der Waals surface area contributed by atoms with Gasteiger partial charge in [-0.25, -0.2) is 0 Å². The van der Waals surface area contributed by atoms with Gasteiger partial charge in [-0.1, -0.05) is 70.4 Å². The molecule has 156 valence electrons. The summed E-state index contributed by atoms with van der Waals surface area (Å²) < 4.78 is 31.0. The van der Waals surface area contributed by atoms with E-state index >= 15 is 0 Å². The molecule has 0 aliphatic carbocycles. The van der Waals surface area contributed by atoms with Gasteiger partial charge < -0.3 is 7.16 Å². The molecule has 0 fully saturated rings. The minimum absolute atomic E-state index is 0. The van der Waals surface area contributed by atoms with Crippen LogP contribution in [-0.2, 0) is 14.9 Å². The minimum atomic E-state index is -4.37. The second-order valence-corrected chi connectivity index (χ2v) is 8.64. The molecule has 1 atom stereocenters. The Labute approximate surface area is 211 Å². The molecule has 7 heteroatoms. The van der Waals surface area contributed by atoms with Crippen LogP contribution in [0.3, 0.4) is 0 Å². The number of unbranched alkanes of at least 4 members (excludes halogenated alkanes) is 11. The van der Waals surface area contributed by atoms with E-state index in [9.17, 15) is 13.2 Å². The summed E-state index contributed by atoms with van der Waals surface area (Å²) in [5, 5.41) is -1.46. The standard InChI is InChI=1S/C20H39NO4S.K.H/c1-2-3-4-5-6-7-8-9-10-11-12-13-14-15-16-17-19(22)20(18-21)26(23,24)25;;/h9-10,20H,2-8,11-18,21H2,1H3,(H,23,24,25);;/q;+1;-1/b10-9-;;. The minimum Gasteiger partial charge on any atom is -1.00 e. The van der Waals surface area contributed by atoms with Crippen molar-refractivity contribution in [3.05, 3.63) is 12.2 Å². The predicted molar refractivity (Wildman–Crippen MR) is 110 cm³/mol. The van der Waals surface area contributed by atoms with Gasteiger partial charge in [-0.2, -0.15) is 8.42 Å². The number of hydrogen-bond acceptors (Lipinski definition) is 4. The summed E-state index contributed by atoms with van der Waals surface area (Å²) in [6, 6.07) is 0. The van der Waals surface area contributed by atoms with Gasteiger partial charge in [0.05, 0.1) is 0 Å². The maximum absolute atomic E-state index is 11.7. The van der Waals surface area contributed by atoms with Crippen LogP contribution in [0.5, 0.6) is 0 Å². The maximum Gasteiger partial charge on any atom is 1.00 e. The van der Waals surface area contributed by atoms with Gasteiger partial charge in [0.2, 0.25) is 0 Å². The Kier molecular flexibility index (Phi) is 22.5. The number of allylic oxidation sites excluding steroid dienone is 2. The summed E-state index contributed by atoms with van der Waals surface area (Å²) in [5.41, 5.74) is 5.25. The second kappa shape index (κ2) is 20.2. The first-order valence-electron chi connectivity index (χ1n) is 10.3. The van der Waals surface area contributed by atoms with E-state index in [1.165, 1.54) is 44.9 Å². The summed E-state index contributed by atoms with van der Waals surface area (Å²) in [4.78, 5) is 11.7. The molecule has 0 saturated carbocycles. The molecule has 0 radical (unpaired) electrons. The van der Waals surface area contributed by atoms with Crippen molar-refractivity contribution in [2.45, 2.75) is 102 Å². The van der Waals surface area contributed by atoms with Crippen LogP contribution in [0.4, 0.5) is 0 Å². The molecule has 3 N–H and O–H groups in total. The van der Waals surface area contributed by atoms with Crippen LogP contribution in [0.2, 0.25) is 0 Å². The first-order valence-corrected chi connectivity index (χ1v) is 11.8. The first kappa shape index (κ1) is 30.1. The quantitative estimate of drug-likeness (QED) is 0.150. The molecule has 0 aromatic heterocycles. The fourth-order valence-corrected chi connectivity index (χ4v) is 3.64. The Hall–Kier alpha value is 0.916. The Bertz CT molecular complexity index is 487. The van der Waals surface area contributed by atoms with Crippen molar-refractivity contribution in [3.63, 3.8) is 0 Å². The van der Waals surface area contributed by atoms with E-state index in [1.807, 2.05) is 0 Å². The first-order chi connectivity index (χ1) is 12.4. The van der Waals surface area contributed by atoms with Crippen LogP contribution >= 0.6 is 0 Å². The molecular formula is C20H40KNO4S. The van der Waals surface area contributed by atoms with Crippen LogP contribution in [0.15, 0.2) is 12.2 Å². The van der Waals surface area contributed by atoms with Gasteiger partial charge in [0.1, 0.15) is 0 Å². The number of nitrogens with two attached hydrogens (primary N) is 1. The second-order valence-electron chi connectivity index (χ2n) is 7.04. The fourth-order valence-electron chi connectivity index (χ4n) is 2.95. The smallest absolute Gasteiger partial charge is 1.00 e. The van der Waals surface area contributed by atoms with Crippen molar-refractivity contribution in [1.29, 1.82) is 0 Å². The molecular weight excluding hydrogens is 389 g/mol. The predicted octanol–water partition coefficient (Wildman–Crippen LogP) is 1.92. The molecule has 0 amide bonds. The Morgan fingerprint density at radius 2 is 1.37 bits per heavy atom. The summed E-state index contributed by atoms with van der Waals surface area (Å²) in [7, 11) is -4.37. The summed E-state index contributed by atoms with van der Waals surface area (Å²) in [6.45, 7) is 1.88. The number of hydrogen-bond donors (Lipinski definition) is 2. The van der Waals surface area contributed by atoms with Gasteiger partial charge >= 0.3 is 51.4 Å². The van der Waals surface area contributed by atoms with Crippen molar-refractivity contribution in [2.24, 2.45) is 5.73 Å². The van der Waals surface area contributed by atoms with Crippen LogP contribution in [-0.4, -0.2) is 30.5 Å². The third kappa shape index (κ3) is 18.7. The third-order valence-corrected chi connectivity index (χ3v) is 5.79. The van der Waals surface area contributed by atoms with E-state index in [4.69, 9.17) is 10.3 Å². The molecule has 0 aliphatic rings. The molecule has 0 aromatic rings. The summed E-state index contributed by atoms with van der Waals surface area (Å²) in [6.07, 6.45) is 19.9. The number of carbonyl (C=O) groups is 1. The molecule has 0 spiro atoms. The van der Waals surface area contributed by atoms with Gasteiger partial charge in [-0.3, -0.25) is 9.35 Å². The largest absolute Gasteiger partial charge is 1.00 e. The van der Waals surface area contributed by atoms with Crippen molar-refractivity contribution in [2.75, 3.05) is 6.54 Å². The van der Waals surface area contributed by atoms with E-state index in [1.54, 1.807) is 0 Å². The van der Waals surface area contributed by atoms with E-state index in [0.29, 0.717) is 6.42 Å². The normalized spacial score (nSPS) is 12.9. The monoisotopic (exact) mass is 429 g/mol. The van der Waals surface area contributed by atoms with Gasteiger partial charge in [0.15, 0.2) is 11.0 Å². The maximum atomic E-state index is 11.7. The number of Topliss-reactive ketones (excluding diaryl/α,β-unsaturated/α-hetero) is 1. The van der Waals surface area contributed by atoms with Gasteiger partial charge in [-0.15, -0.1) is 0 Å². The van der Waals surface area contributed by atoms with Crippen molar-refractivity contribution in [3.8, 4) is 0 Å². The molecule has 0 rings (SSSR count). The zero-order valence-electron chi connectivity index (χ0n) is 18.5. The third-order valence-electron chi connectivity index (χ3n) is 4.62. The molecule has 0 aliphatic heterocycles. The SMILES string of the molecule is CCCCCCCC/C=C\CCCCCCCC(=O)C(CN)S(=O)(=O)O.[H-].[K+]. The fraction of sp³-hybridized carbons (Fsp3) is 0.850. The average Bonchev–Trinajstić information content (AvgIpc) is 2.57. The van der Waals surface area contributed by atoms with E-state index < -0.39 is 21.2 Å². The average molecular weight is 430 g/mol. The Balaban J connectivity index is -0.00000312. The number of ketones is 1. The van der Waals surface area contributed by atoms with Crippen LogP contribution in [0, 0.1) is 0 Å². The molecule has 0 heterocycles. The summed E-state index contributed by atoms with van der Waals surface area (Å²) in [5.74, 6) is -0.479. The topological polar surface area (TPSA) is 97.5 Å². The van der Waals surface area contributed by atoms with Gasteiger partial charge in [-0.05, 0) is 32.1 Å². The van der Waals surface area contributed by atoms with Gasteiger partial charge in [0, 0.05) is 13.0 Å². The Morgan fingerprint density at radius 3 is 1.81 bits per heavy atom. The van der Waals surface area contributed by atoms with Crippen molar-refractivity contribution >= 4 is 15.9 Å². The number of rotatable bonds is 18.